The zero-order valence-corrected chi connectivity index (χ0v) is 8.63. The predicted octanol–water partition coefficient (Wildman–Crippen LogP) is 1.27. The third-order valence-electron chi connectivity index (χ3n) is 2.67. The van der Waals surface area contributed by atoms with Gasteiger partial charge in [0.15, 0.2) is 0 Å². The summed E-state index contributed by atoms with van der Waals surface area (Å²) in [6, 6.07) is 1.38. The molecule has 1 aromatic heterocycles. The van der Waals surface area contributed by atoms with Crippen molar-refractivity contribution in [3.63, 3.8) is 0 Å². The van der Waals surface area contributed by atoms with E-state index in [4.69, 9.17) is 4.74 Å². The summed E-state index contributed by atoms with van der Waals surface area (Å²) in [5.41, 5.74) is 0.427. The summed E-state index contributed by atoms with van der Waals surface area (Å²) in [6.45, 7) is 1.36. The Labute approximate surface area is 92.0 Å². The number of nitro groups is 1. The van der Waals surface area contributed by atoms with Crippen LogP contribution in [0.15, 0.2) is 12.3 Å². The van der Waals surface area contributed by atoms with Crippen molar-refractivity contribution in [2.24, 2.45) is 5.92 Å². The van der Waals surface area contributed by atoms with Crippen molar-refractivity contribution in [2.75, 3.05) is 13.2 Å². The van der Waals surface area contributed by atoms with Gasteiger partial charge < -0.3 is 9.84 Å². The third-order valence-corrected chi connectivity index (χ3v) is 2.67. The summed E-state index contributed by atoms with van der Waals surface area (Å²) in [6.07, 6.45) is 2.55. The molecule has 1 saturated heterocycles. The maximum Gasteiger partial charge on any atom is 0.288 e. The topological polar surface area (TPSA) is 85.5 Å². The molecule has 2 heterocycles. The molecule has 1 aromatic rings. The summed E-state index contributed by atoms with van der Waals surface area (Å²) in [7, 11) is 0. The standard InChI is InChI=1S/C10H12N2O4/c13-10-8(3-7-1-2-16-6-7)4-9(5-11-10)12(14)15/h4-5,7H,1-3,6H2,(H,11,13). The lowest BCUT2D eigenvalue weighted by atomic mass is 9.99. The van der Waals surface area contributed by atoms with Crippen LogP contribution in [0, 0.1) is 16.0 Å². The average Bonchev–Trinajstić information content (AvgIpc) is 2.73. The molecule has 1 N–H and O–H groups in total. The lowest BCUT2D eigenvalue weighted by Gasteiger charge is -2.07. The van der Waals surface area contributed by atoms with Crippen LogP contribution in [-0.2, 0) is 11.2 Å². The van der Waals surface area contributed by atoms with Gasteiger partial charge in [-0.1, -0.05) is 0 Å². The molecule has 2 rings (SSSR count). The van der Waals surface area contributed by atoms with Crippen molar-refractivity contribution in [2.45, 2.75) is 12.8 Å². The fourth-order valence-electron chi connectivity index (χ4n) is 1.80. The van der Waals surface area contributed by atoms with Crippen LogP contribution in [0.1, 0.15) is 12.0 Å². The molecule has 0 radical (unpaired) electrons. The van der Waals surface area contributed by atoms with E-state index in [1.165, 1.54) is 6.07 Å². The SMILES string of the molecule is O=[N+]([O-])c1cnc(O)c(CC2CCOC2)c1. The Kier molecular flexibility index (Phi) is 3.00. The molecule has 0 aliphatic carbocycles. The largest absolute Gasteiger partial charge is 0.493 e. The molecule has 1 aliphatic heterocycles. The van der Waals surface area contributed by atoms with Gasteiger partial charge in [0, 0.05) is 24.8 Å². The van der Waals surface area contributed by atoms with Gasteiger partial charge in [0.2, 0.25) is 5.88 Å². The zero-order valence-electron chi connectivity index (χ0n) is 8.63. The monoisotopic (exact) mass is 224 g/mol. The molecule has 16 heavy (non-hydrogen) atoms. The van der Waals surface area contributed by atoms with Crippen LogP contribution in [-0.4, -0.2) is 28.2 Å². The van der Waals surface area contributed by atoms with Gasteiger partial charge in [-0.25, -0.2) is 4.98 Å². The first kappa shape index (κ1) is 10.8. The van der Waals surface area contributed by atoms with E-state index in [1.54, 1.807) is 0 Å². The maximum atomic E-state index is 10.6. The van der Waals surface area contributed by atoms with Crippen LogP contribution < -0.4 is 0 Å². The van der Waals surface area contributed by atoms with Crippen molar-refractivity contribution >= 4 is 5.69 Å². The number of nitrogens with zero attached hydrogens (tertiary/aromatic N) is 2. The summed E-state index contributed by atoms with van der Waals surface area (Å²) in [5, 5.41) is 20.1. The Morgan fingerprint density at radius 2 is 2.50 bits per heavy atom. The second-order valence-corrected chi connectivity index (χ2v) is 3.87. The van der Waals surface area contributed by atoms with E-state index in [0.29, 0.717) is 31.1 Å². The normalized spacial score (nSPS) is 19.9. The summed E-state index contributed by atoms with van der Waals surface area (Å²) in [5.74, 6) is 0.187. The fraction of sp³-hybridized carbons (Fsp3) is 0.500. The molecular weight excluding hydrogens is 212 g/mol. The molecule has 1 unspecified atom stereocenters. The van der Waals surface area contributed by atoms with Crippen LogP contribution in [0.4, 0.5) is 5.69 Å². The van der Waals surface area contributed by atoms with Crippen LogP contribution >= 0.6 is 0 Å². The molecule has 6 nitrogen and oxygen atoms in total. The Hall–Kier alpha value is -1.69. The molecule has 86 valence electrons. The number of pyridine rings is 1. The molecule has 1 atom stereocenters. The van der Waals surface area contributed by atoms with Gasteiger partial charge in [0.05, 0.1) is 4.92 Å². The Balaban J connectivity index is 2.17. The summed E-state index contributed by atoms with van der Waals surface area (Å²) < 4.78 is 5.21. The van der Waals surface area contributed by atoms with E-state index >= 15 is 0 Å². The van der Waals surface area contributed by atoms with Crippen LogP contribution in [0.3, 0.4) is 0 Å². The van der Waals surface area contributed by atoms with Crippen LogP contribution in [0.2, 0.25) is 0 Å². The molecule has 1 aliphatic rings. The average molecular weight is 224 g/mol. The molecule has 0 bridgehead atoms. The minimum absolute atomic E-state index is 0.0910. The van der Waals surface area contributed by atoms with Crippen molar-refractivity contribution in [3.8, 4) is 5.88 Å². The van der Waals surface area contributed by atoms with Crippen molar-refractivity contribution in [3.05, 3.63) is 27.9 Å². The second-order valence-electron chi connectivity index (χ2n) is 3.87. The maximum absolute atomic E-state index is 10.6. The first-order chi connectivity index (χ1) is 7.66. The summed E-state index contributed by atoms with van der Waals surface area (Å²) in [4.78, 5) is 13.7. The lowest BCUT2D eigenvalue weighted by molar-refractivity contribution is -0.385. The van der Waals surface area contributed by atoms with E-state index in [-0.39, 0.29) is 11.6 Å². The first-order valence-corrected chi connectivity index (χ1v) is 5.07. The Morgan fingerprint density at radius 1 is 1.69 bits per heavy atom. The highest BCUT2D eigenvalue weighted by molar-refractivity contribution is 5.37. The molecule has 6 heteroatoms. The number of aromatic hydroxyl groups is 1. The first-order valence-electron chi connectivity index (χ1n) is 5.07. The smallest absolute Gasteiger partial charge is 0.288 e. The van der Waals surface area contributed by atoms with Crippen molar-refractivity contribution in [1.29, 1.82) is 0 Å². The highest BCUT2D eigenvalue weighted by Crippen LogP contribution is 2.25. The van der Waals surface area contributed by atoms with Gasteiger partial charge in [0.25, 0.3) is 5.69 Å². The number of hydrogen-bond acceptors (Lipinski definition) is 5. The highest BCUT2D eigenvalue weighted by Gasteiger charge is 2.20. The van der Waals surface area contributed by atoms with Crippen LogP contribution in [0.25, 0.3) is 0 Å². The summed E-state index contributed by atoms with van der Waals surface area (Å²) >= 11 is 0. The van der Waals surface area contributed by atoms with Gasteiger partial charge in [0.1, 0.15) is 6.20 Å². The van der Waals surface area contributed by atoms with Gasteiger partial charge in [-0.15, -0.1) is 0 Å². The molecule has 0 saturated carbocycles. The van der Waals surface area contributed by atoms with E-state index in [2.05, 4.69) is 4.98 Å². The molecule has 0 aromatic carbocycles. The number of hydrogen-bond donors (Lipinski definition) is 1. The lowest BCUT2D eigenvalue weighted by Crippen LogP contribution is -2.05. The predicted molar refractivity (Wildman–Crippen MR) is 55.2 cm³/mol. The van der Waals surface area contributed by atoms with E-state index in [9.17, 15) is 15.2 Å². The minimum atomic E-state index is -0.513. The van der Waals surface area contributed by atoms with E-state index in [0.717, 1.165) is 12.6 Å². The molecule has 1 fully saturated rings. The van der Waals surface area contributed by atoms with Crippen LogP contribution in [0.5, 0.6) is 5.88 Å². The Morgan fingerprint density at radius 3 is 3.12 bits per heavy atom. The zero-order chi connectivity index (χ0) is 11.5. The van der Waals surface area contributed by atoms with E-state index < -0.39 is 4.92 Å². The number of ether oxygens (including phenoxy) is 1. The number of rotatable bonds is 3. The van der Waals surface area contributed by atoms with Crippen molar-refractivity contribution in [1.82, 2.24) is 4.98 Å². The molecular formula is C10H12N2O4. The van der Waals surface area contributed by atoms with Gasteiger partial charge >= 0.3 is 0 Å². The minimum Gasteiger partial charge on any atom is -0.493 e. The van der Waals surface area contributed by atoms with Gasteiger partial charge in [-0.2, -0.15) is 0 Å². The molecule has 0 spiro atoms. The fourth-order valence-corrected chi connectivity index (χ4v) is 1.80. The molecule has 0 amide bonds. The Bertz CT molecular complexity index is 402. The highest BCUT2D eigenvalue weighted by atomic mass is 16.6. The number of aromatic nitrogens is 1. The van der Waals surface area contributed by atoms with Crippen molar-refractivity contribution < 1.29 is 14.8 Å². The third kappa shape index (κ3) is 2.27. The quantitative estimate of drug-likeness (QED) is 0.617. The van der Waals surface area contributed by atoms with E-state index in [1.807, 2.05) is 0 Å². The van der Waals surface area contributed by atoms with Gasteiger partial charge in [-0.3, -0.25) is 10.1 Å². The second kappa shape index (κ2) is 4.44. The van der Waals surface area contributed by atoms with Gasteiger partial charge in [-0.05, 0) is 18.8 Å².